The highest BCUT2D eigenvalue weighted by Gasteiger charge is 2.34. The normalized spacial score (nSPS) is 16.3. The number of nitrogens with zero attached hydrogens (tertiary/aromatic N) is 3. The zero-order valence-electron chi connectivity index (χ0n) is 22.3. The Hall–Kier alpha value is -3.31. The van der Waals surface area contributed by atoms with E-state index in [2.05, 4.69) is 28.1 Å². The van der Waals surface area contributed by atoms with E-state index < -0.39 is 5.41 Å². The van der Waals surface area contributed by atoms with Crippen molar-refractivity contribution < 1.29 is 18.6 Å². The Balaban J connectivity index is 1.41. The van der Waals surface area contributed by atoms with Gasteiger partial charge >= 0.3 is 0 Å². The Morgan fingerprint density at radius 3 is 2.38 bits per heavy atom. The van der Waals surface area contributed by atoms with Crippen molar-refractivity contribution in [1.82, 2.24) is 15.1 Å². The van der Waals surface area contributed by atoms with Gasteiger partial charge in [0.25, 0.3) is 0 Å². The van der Waals surface area contributed by atoms with Crippen LogP contribution in [0.25, 0.3) is 10.9 Å². The van der Waals surface area contributed by atoms with Gasteiger partial charge in [0.2, 0.25) is 5.75 Å². The smallest absolute Gasteiger partial charge is 0.203 e. The van der Waals surface area contributed by atoms with E-state index in [1.54, 1.807) is 21.3 Å². The maximum atomic E-state index is 13.5. The molecule has 198 valence electrons. The number of aromatic amines is 1. The van der Waals surface area contributed by atoms with Gasteiger partial charge in [0.05, 0.1) is 38.3 Å². The molecule has 0 spiro atoms. The van der Waals surface area contributed by atoms with Crippen LogP contribution in [-0.4, -0.2) is 56.1 Å². The number of hydrogen-bond acceptors (Lipinski definition) is 6. The Kier molecular flexibility index (Phi) is 8.55. The van der Waals surface area contributed by atoms with Crippen LogP contribution in [-0.2, 0) is 5.41 Å². The maximum absolute atomic E-state index is 13.5. The van der Waals surface area contributed by atoms with Gasteiger partial charge in [-0.3, -0.25) is 5.10 Å². The summed E-state index contributed by atoms with van der Waals surface area (Å²) < 4.78 is 30.1. The molecule has 1 fully saturated rings. The summed E-state index contributed by atoms with van der Waals surface area (Å²) in [5, 5.41) is 18.9. The zero-order chi connectivity index (χ0) is 26.4. The number of piperidine rings is 1. The molecule has 1 unspecified atom stereocenters. The second kappa shape index (κ2) is 11.8. The fraction of sp³-hybridized carbons (Fsp3) is 0.517. The molecule has 37 heavy (non-hydrogen) atoms. The largest absolute Gasteiger partial charge is 0.493 e. The van der Waals surface area contributed by atoms with Crippen LogP contribution in [0, 0.1) is 17.1 Å². The molecule has 0 radical (unpaired) electrons. The van der Waals surface area contributed by atoms with Crippen LogP contribution >= 0.6 is 0 Å². The first-order valence-electron chi connectivity index (χ1n) is 13.1. The van der Waals surface area contributed by atoms with Crippen molar-refractivity contribution in [3.8, 4) is 23.3 Å². The topological polar surface area (TPSA) is 83.4 Å². The third-order valence-electron chi connectivity index (χ3n) is 7.73. The van der Waals surface area contributed by atoms with Crippen molar-refractivity contribution in [3.63, 3.8) is 0 Å². The summed E-state index contributed by atoms with van der Waals surface area (Å²) in [7, 11) is 4.79. The fourth-order valence-corrected chi connectivity index (χ4v) is 5.74. The summed E-state index contributed by atoms with van der Waals surface area (Å²) in [4.78, 5) is 2.48. The summed E-state index contributed by atoms with van der Waals surface area (Å²) in [6.07, 6.45) is 5.39. The molecule has 1 aliphatic rings. The second-order valence-corrected chi connectivity index (χ2v) is 9.88. The predicted molar refractivity (Wildman–Crippen MR) is 142 cm³/mol. The molecule has 7 nitrogen and oxygen atoms in total. The highest BCUT2D eigenvalue weighted by molar-refractivity contribution is 5.81. The fourth-order valence-electron chi connectivity index (χ4n) is 5.74. The molecular formula is C29H37FN4O3. The SMILES string of the molecule is CCCC(C#N)(CCCN1CCC(c2[nH]nc3cc(F)ccc23)CC1)c1cc(OC)c(OC)c(OC)c1. The Morgan fingerprint density at radius 2 is 1.78 bits per heavy atom. The van der Waals surface area contributed by atoms with E-state index in [9.17, 15) is 9.65 Å². The average molecular weight is 509 g/mol. The minimum Gasteiger partial charge on any atom is -0.493 e. The van der Waals surface area contributed by atoms with E-state index in [1.165, 1.54) is 12.1 Å². The van der Waals surface area contributed by atoms with Crippen LogP contribution in [0.2, 0.25) is 0 Å². The molecule has 1 N–H and O–H groups in total. The molecule has 8 heteroatoms. The number of benzene rings is 2. The van der Waals surface area contributed by atoms with E-state index in [4.69, 9.17) is 14.2 Å². The lowest BCUT2D eigenvalue weighted by atomic mass is 9.74. The van der Waals surface area contributed by atoms with E-state index in [1.807, 2.05) is 18.2 Å². The van der Waals surface area contributed by atoms with Gasteiger partial charge in [-0.05, 0) is 81.6 Å². The van der Waals surface area contributed by atoms with E-state index in [-0.39, 0.29) is 5.82 Å². The Bertz CT molecular complexity index is 1220. The molecule has 2 aromatic carbocycles. The first kappa shape index (κ1) is 26.7. The molecule has 4 rings (SSSR count). The maximum Gasteiger partial charge on any atom is 0.203 e. The van der Waals surface area contributed by atoms with Crippen molar-refractivity contribution in [2.45, 2.75) is 56.8 Å². The quantitative estimate of drug-likeness (QED) is 0.345. The van der Waals surface area contributed by atoms with Gasteiger partial charge in [0.1, 0.15) is 5.82 Å². The average Bonchev–Trinajstić information content (AvgIpc) is 3.35. The molecule has 2 heterocycles. The number of nitriles is 1. The van der Waals surface area contributed by atoms with Crippen LogP contribution in [0.4, 0.5) is 4.39 Å². The minimum absolute atomic E-state index is 0.261. The lowest BCUT2D eigenvalue weighted by Crippen LogP contribution is -2.35. The van der Waals surface area contributed by atoms with Gasteiger partial charge in [0.15, 0.2) is 11.5 Å². The van der Waals surface area contributed by atoms with E-state index in [0.717, 1.165) is 74.8 Å². The van der Waals surface area contributed by atoms with Crippen LogP contribution in [0.5, 0.6) is 17.2 Å². The van der Waals surface area contributed by atoms with Crippen LogP contribution in [0.1, 0.15) is 62.6 Å². The third-order valence-corrected chi connectivity index (χ3v) is 7.73. The number of ether oxygens (including phenoxy) is 3. The first-order valence-corrected chi connectivity index (χ1v) is 13.1. The monoisotopic (exact) mass is 508 g/mol. The lowest BCUT2D eigenvalue weighted by molar-refractivity contribution is 0.203. The number of rotatable bonds is 11. The van der Waals surface area contributed by atoms with Crippen LogP contribution < -0.4 is 14.2 Å². The van der Waals surface area contributed by atoms with Crippen LogP contribution in [0.3, 0.4) is 0 Å². The summed E-state index contributed by atoms with van der Waals surface area (Å²) in [5.74, 6) is 1.82. The molecule has 0 aliphatic carbocycles. The number of hydrogen-bond donors (Lipinski definition) is 1. The molecule has 1 aliphatic heterocycles. The molecule has 0 saturated carbocycles. The molecule has 0 bridgehead atoms. The molecule has 3 aromatic rings. The number of fused-ring (bicyclic) bond motifs is 1. The number of likely N-dealkylation sites (tertiary alicyclic amines) is 1. The van der Waals surface area contributed by atoms with Crippen molar-refractivity contribution in [3.05, 3.63) is 47.4 Å². The number of H-pyrrole nitrogens is 1. The first-order chi connectivity index (χ1) is 18.0. The second-order valence-electron chi connectivity index (χ2n) is 9.88. The van der Waals surface area contributed by atoms with Crippen molar-refractivity contribution in [1.29, 1.82) is 5.26 Å². The van der Waals surface area contributed by atoms with Gasteiger partial charge in [-0.15, -0.1) is 0 Å². The van der Waals surface area contributed by atoms with E-state index in [0.29, 0.717) is 28.7 Å². The standard InChI is InChI=1S/C29H37FN4O3/c1-5-11-29(19-31,21-16-25(35-2)28(37-4)26(17-21)36-3)12-6-13-34-14-9-20(10-15-34)27-23-8-7-22(30)18-24(23)32-33-27/h7-8,16-18,20H,5-6,9-15H2,1-4H3,(H,32,33). The number of nitrogens with one attached hydrogen (secondary N) is 1. The zero-order valence-corrected chi connectivity index (χ0v) is 22.3. The van der Waals surface area contributed by atoms with Crippen molar-refractivity contribution >= 4 is 10.9 Å². The van der Waals surface area contributed by atoms with Crippen LogP contribution in [0.15, 0.2) is 30.3 Å². The number of aromatic nitrogens is 2. The van der Waals surface area contributed by atoms with Crippen molar-refractivity contribution in [2.24, 2.45) is 0 Å². The van der Waals surface area contributed by atoms with Gasteiger partial charge in [-0.2, -0.15) is 10.4 Å². The van der Waals surface area contributed by atoms with E-state index >= 15 is 0 Å². The molecular weight excluding hydrogens is 471 g/mol. The summed E-state index contributed by atoms with van der Waals surface area (Å²) in [6.45, 7) is 5.04. The summed E-state index contributed by atoms with van der Waals surface area (Å²) in [5.41, 5.74) is 2.09. The predicted octanol–water partition coefficient (Wildman–Crippen LogP) is 5.95. The summed E-state index contributed by atoms with van der Waals surface area (Å²) in [6, 6.07) is 11.3. The Labute approximate surface area is 218 Å². The van der Waals surface area contributed by atoms with Gasteiger partial charge < -0.3 is 19.1 Å². The Morgan fingerprint density at radius 1 is 1.08 bits per heavy atom. The highest BCUT2D eigenvalue weighted by Crippen LogP contribution is 2.44. The molecule has 1 aromatic heterocycles. The molecule has 1 atom stereocenters. The molecule has 1 saturated heterocycles. The van der Waals surface area contributed by atoms with Gasteiger partial charge in [-0.1, -0.05) is 13.3 Å². The van der Waals surface area contributed by atoms with Gasteiger partial charge in [-0.25, -0.2) is 4.39 Å². The van der Waals surface area contributed by atoms with Crippen molar-refractivity contribution in [2.75, 3.05) is 41.0 Å². The minimum atomic E-state index is -0.621. The summed E-state index contributed by atoms with van der Waals surface area (Å²) >= 11 is 0. The third kappa shape index (κ3) is 5.52. The number of halogens is 1. The number of methoxy groups -OCH3 is 3. The van der Waals surface area contributed by atoms with Gasteiger partial charge in [0, 0.05) is 23.1 Å². The molecule has 0 amide bonds. The highest BCUT2D eigenvalue weighted by atomic mass is 19.1. The lowest BCUT2D eigenvalue weighted by Gasteiger charge is -2.33.